The normalized spacial score (nSPS) is 12.4. The summed E-state index contributed by atoms with van der Waals surface area (Å²) in [6.07, 6.45) is 5.26. The minimum absolute atomic E-state index is 0.340. The Labute approximate surface area is 104 Å². The number of hydrogen-bond acceptors (Lipinski definition) is 1. The van der Waals surface area contributed by atoms with Crippen LogP contribution in [-0.2, 0) is 4.79 Å². The highest BCUT2D eigenvalue weighted by Gasteiger charge is 2.18. The first-order chi connectivity index (χ1) is 8.15. The molecule has 17 heavy (non-hydrogen) atoms. The topological polar surface area (TPSA) is 37.3 Å². The summed E-state index contributed by atoms with van der Waals surface area (Å²) in [5, 5.41) is 9.25. The van der Waals surface area contributed by atoms with Gasteiger partial charge in [0.15, 0.2) is 0 Å². The van der Waals surface area contributed by atoms with Gasteiger partial charge in [0.25, 0.3) is 0 Å². The van der Waals surface area contributed by atoms with Crippen LogP contribution in [0.1, 0.15) is 56.1 Å². The minimum Gasteiger partial charge on any atom is -0.481 e. The third kappa shape index (κ3) is 4.59. The fraction of sp³-hybridized carbons (Fsp3) is 0.533. The van der Waals surface area contributed by atoms with Crippen molar-refractivity contribution in [3.8, 4) is 0 Å². The van der Waals surface area contributed by atoms with Gasteiger partial charge in [-0.3, -0.25) is 4.79 Å². The van der Waals surface area contributed by atoms with Crippen LogP contribution in [0.3, 0.4) is 0 Å². The van der Waals surface area contributed by atoms with Crippen LogP contribution in [0.2, 0.25) is 0 Å². The largest absolute Gasteiger partial charge is 0.481 e. The molecule has 0 aliphatic rings. The lowest BCUT2D eigenvalue weighted by molar-refractivity contribution is -0.139. The van der Waals surface area contributed by atoms with E-state index >= 15 is 0 Å². The van der Waals surface area contributed by atoms with E-state index in [9.17, 15) is 9.90 Å². The quantitative estimate of drug-likeness (QED) is 0.720. The summed E-state index contributed by atoms with van der Waals surface area (Å²) < 4.78 is 0. The second-order valence-corrected chi connectivity index (χ2v) is 4.65. The molecule has 0 amide bonds. The molecule has 0 saturated carbocycles. The Morgan fingerprint density at radius 2 is 1.82 bits per heavy atom. The van der Waals surface area contributed by atoms with Gasteiger partial charge in [-0.2, -0.15) is 0 Å². The maximum Gasteiger partial charge on any atom is 0.310 e. The van der Waals surface area contributed by atoms with E-state index in [1.807, 2.05) is 31.2 Å². The molecule has 0 aromatic heterocycles. The van der Waals surface area contributed by atoms with Gasteiger partial charge >= 0.3 is 5.97 Å². The molecule has 0 heterocycles. The molecule has 2 heteroatoms. The molecule has 94 valence electrons. The van der Waals surface area contributed by atoms with Gasteiger partial charge in [0.05, 0.1) is 5.92 Å². The summed E-state index contributed by atoms with van der Waals surface area (Å²) >= 11 is 0. The summed E-state index contributed by atoms with van der Waals surface area (Å²) in [5.74, 6) is -1.04. The molecule has 1 aromatic rings. The molecular formula is C15H22O2. The molecule has 0 spiro atoms. The van der Waals surface area contributed by atoms with Crippen LogP contribution in [0, 0.1) is 6.92 Å². The predicted molar refractivity (Wildman–Crippen MR) is 70.3 cm³/mol. The zero-order chi connectivity index (χ0) is 12.7. The molecule has 1 aromatic carbocycles. The molecule has 1 N–H and O–H groups in total. The lowest BCUT2D eigenvalue weighted by atomic mass is 9.92. The monoisotopic (exact) mass is 234 g/mol. The number of carbonyl (C=O) groups is 1. The molecular weight excluding hydrogens is 212 g/mol. The van der Waals surface area contributed by atoms with Crippen molar-refractivity contribution in [3.63, 3.8) is 0 Å². The second kappa shape index (κ2) is 7.10. The number of carboxylic acids is 1. The number of unbranched alkanes of at least 4 members (excludes halogenated alkanes) is 3. The van der Waals surface area contributed by atoms with E-state index < -0.39 is 5.97 Å². The maximum absolute atomic E-state index is 11.2. The highest BCUT2D eigenvalue weighted by atomic mass is 16.4. The Balaban J connectivity index is 2.59. The van der Waals surface area contributed by atoms with Crippen molar-refractivity contribution >= 4 is 5.97 Å². The lowest BCUT2D eigenvalue weighted by Gasteiger charge is -2.12. The molecule has 2 nitrogen and oxygen atoms in total. The SMILES string of the molecule is CCCCCCC(C(=O)O)c1ccc(C)cc1. The van der Waals surface area contributed by atoms with Gasteiger partial charge in [0, 0.05) is 0 Å². The number of hydrogen-bond donors (Lipinski definition) is 1. The third-order valence-electron chi connectivity index (χ3n) is 3.12. The molecule has 0 saturated heterocycles. The van der Waals surface area contributed by atoms with Gasteiger partial charge in [0.2, 0.25) is 0 Å². The summed E-state index contributed by atoms with van der Waals surface area (Å²) in [6, 6.07) is 7.84. The van der Waals surface area contributed by atoms with E-state index in [2.05, 4.69) is 6.92 Å². The van der Waals surface area contributed by atoms with Crippen LogP contribution < -0.4 is 0 Å². The summed E-state index contributed by atoms with van der Waals surface area (Å²) in [4.78, 5) is 11.2. The van der Waals surface area contributed by atoms with Crippen LogP contribution >= 0.6 is 0 Å². The third-order valence-corrected chi connectivity index (χ3v) is 3.12. The summed E-state index contributed by atoms with van der Waals surface area (Å²) in [5.41, 5.74) is 2.10. The second-order valence-electron chi connectivity index (χ2n) is 4.65. The van der Waals surface area contributed by atoms with Crippen molar-refractivity contribution in [2.75, 3.05) is 0 Å². The molecule has 1 atom stereocenters. The van der Waals surface area contributed by atoms with Crippen LogP contribution in [0.25, 0.3) is 0 Å². The Kier molecular flexibility index (Phi) is 5.75. The van der Waals surface area contributed by atoms with Crippen LogP contribution in [-0.4, -0.2) is 11.1 Å². The van der Waals surface area contributed by atoms with E-state index in [1.165, 1.54) is 18.4 Å². The Morgan fingerprint density at radius 1 is 1.18 bits per heavy atom. The van der Waals surface area contributed by atoms with Gasteiger partial charge in [-0.15, -0.1) is 0 Å². The molecule has 0 fully saturated rings. The van der Waals surface area contributed by atoms with Crippen molar-refractivity contribution in [1.29, 1.82) is 0 Å². The number of carboxylic acid groups (broad SMARTS) is 1. The number of aryl methyl sites for hydroxylation is 1. The van der Waals surface area contributed by atoms with Gasteiger partial charge in [0.1, 0.15) is 0 Å². The summed E-state index contributed by atoms with van der Waals surface area (Å²) in [6.45, 7) is 4.18. The predicted octanol–water partition coefficient (Wildman–Crippen LogP) is 4.13. The lowest BCUT2D eigenvalue weighted by Crippen LogP contribution is -2.11. The first-order valence-corrected chi connectivity index (χ1v) is 6.44. The van der Waals surface area contributed by atoms with Gasteiger partial charge in [-0.1, -0.05) is 62.4 Å². The van der Waals surface area contributed by atoms with E-state index in [1.54, 1.807) is 0 Å². The van der Waals surface area contributed by atoms with Gasteiger partial charge < -0.3 is 5.11 Å². The first-order valence-electron chi connectivity index (χ1n) is 6.44. The zero-order valence-electron chi connectivity index (χ0n) is 10.8. The van der Waals surface area contributed by atoms with Crippen molar-refractivity contribution in [2.24, 2.45) is 0 Å². The number of rotatable bonds is 7. The molecule has 1 rings (SSSR count). The van der Waals surface area contributed by atoms with E-state index in [0.29, 0.717) is 0 Å². The van der Waals surface area contributed by atoms with Crippen molar-refractivity contribution in [3.05, 3.63) is 35.4 Å². The van der Waals surface area contributed by atoms with Crippen LogP contribution in [0.4, 0.5) is 0 Å². The first kappa shape index (κ1) is 13.8. The highest BCUT2D eigenvalue weighted by Crippen LogP contribution is 2.23. The smallest absolute Gasteiger partial charge is 0.310 e. The average Bonchev–Trinajstić information content (AvgIpc) is 2.30. The number of aliphatic carboxylic acids is 1. The van der Waals surface area contributed by atoms with Gasteiger partial charge in [-0.25, -0.2) is 0 Å². The van der Waals surface area contributed by atoms with E-state index in [-0.39, 0.29) is 5.92 Å². The van der Waals surface area contributed by atoms with E-state index in [0.717, 1.165) is 24.8 Å². The average molecular weight is 234 g/mol. The fourth-order valence-electron chi connectivity index (χ4n) is 2.01. The van der Waals surface area contributed by atoms with Crippen molar-refractivity contribution in [1.82, 2.24) is 0 Å². The summed E-state index contributed by atoms with van der Waals surface area (Å²) in [7, 11) is 0. The zero-order valence-corrected chi connectivity index (χ0v) is 10.8. The standard InChI is InChI=1S/C15H22O2/c1-3-4-5-6-7-14(15(16)17)13-10-8-12(2)9-11-13/h8-11,14H,3-7H2,1-2H3,(H,16,17). The Morgan fingerprint density at radius 3 is 2.35 bits per heavy atom. The Bertz CT molecular complexity index is 340. The number of benzene rings is 1. The molecule has 1 unspecified atom stereocenters. The van der Waals surface area contributed by atoms with Crippen LogP contribution in [0.5, 0.6) is 0 Å². The highest BCUT2D eigenvalue weighted by molar-refractivity contribution is 5.76. The van der Waals surface area contributed by atoms with Crippen molar-refractivity contribution < 1.29 is 9.90 Å². The molecule has 0 radical (unpaired) electrons. The minimum atomic E-state index is -0.703. The maximum atomic E-state index is 11.2. The Hall–Kier alpha value is -1.31. The van der Waals surface area contributed by atoms with E-state index in [4.69, 9.17) is 0 Å². The van der Waals surface area contributed by atoms with Gasteiger partial charge in [-0.05, 0) is 18.9 Å². The van der Waals surface area contributed by atoms with Crippen LogP contribution in [0.15, 0.2) is 24.3 Å². The van der Waals surface area contributed by atoms with Crippen molar-refractivity contribution in [2.45, 2.75) is 51.9 Å². The molecule has 0 bridgehead atoms. The fourth-order valence-corrected chi connectivity index (χ4v) is 2.01. The molecule has 0 aliphatic carbocycles. The molecule has 0 aliphatic heterocycles.